The maximum absolute atomic E-state index is 13.7. The minimum absolute atomic E-state index is 0.0225. The number of esters is 1. The molecule has 4 heterocycles. The normalized spacial score (nSPS) is 16.2. The zero-order valence-corrected chi connectivity index (χ0v) is 26.2. The van der Waals surface area contributed by atoms with Gasteiger partial charge >= 0.3 is 12.1 Å². The highest BCUT2D eigenvalue weighted by Gasteiger charge is 2.51. The molecule has 236 valence electrons. The van der Waals surface area contributed by atoms with Crippen LogP contribution < -0.4 is 10.5 Å². The molecule has 2 aromatic heterocycles. The minimum atomic E-state index is -1.94. The first kappa shape index (κ1) is 29.9. The number of rotatable bonds is 7. The predicted octanol–water partition coefficient (Wildman–Crippen LogP) is 5.90. The van der Waals surface area contributed by atoms with E-state index in [1.165, 1.54) is 0 Å². The number of nitrogens with zero attached hydrogens (tertiary/aromatic N) is 3. The van der Waals surface area contributed by atoms with Crippen molar-refractivity contribution in [1.82, 2.24) is 9.55 Å². The van der Waals surface area contributed by atoms with Crippen LogP contribution in [0.15, 0.2) is 89.7 Å². The number of hydrogen-bond donors (Lipinski definition) is 0. The summed E-state index contributed by atoms with van der Waals surface area (Å²) in [6, 6.07) is 22.6. The van der Waals surface area contributed by atoms with Gasteiger partial charge in [0.1, 0.15) is 13.2 Å². The number of anilines is 1. The molecule has 0 unspecified atom stereocenters. The van der Waals surface area contributed by atoms with Crippen LogP contribution in [0.5, 0.6) is 0 Å². The second-order valence-electron chi connectivity index (χ2n) is 12.0. The Morgan fingerprint density at radius 1 is 1.00 bits per heavy atom. The lowest BCUT2D eigenvalue weighted by Gasteiger charge is -2.35. The number of ether oxygens (including phenoxy) is 3. The molecule has 2 aliphatic rings. The van der Waals surface area contributed by atoms with Gasteiger partial charge in [0.05, 0.1) is 29.0 Å². The van der Waals surface area contributed by atoms with Crippen LogP contribution in [0.25, 0.3) is 33.1 Å². The molecule has 0 bridgehead atoms. The van der Waals surface area contributed by atoms with Crippen molar-refractivity contribution in [2.75, 3.05) is 25.6 Å². The number of carbonyl (C=O) groups is 3. The van der Waals surface area contributed by atoms with Gasteiger partial charge in [0.25, 0.3) is 5.56 Å². The molecule has 0 saturated carbocycles. The van der Waals surface area contributed by atoms with Crippen LogP contribution >= 0.6 is 0 Å². The summed E-state index contributed by atoms with van der Waals surface area (Å²) < 4.78 is 18.0. The Bertz CT molecular complexity index is 2240. The number of ketones is 1. The van der Waals surface area contributed by atoms with Gasteiger partial charge in [-0.3, -0.25) is 9.59 Å². The van der Waals surface area contributed by atoms with E-state index in [4.69, 9.17) is 19.2 Å². The van der Waals surface area contributed by atoms with Crippen molar-refractivity contribution in [3.05, 3.63) is 118 Å². The highest BCUT2D eigenvalue weighted by Crippen LogP contribution is 2.41. The highest BCUT2D eigenvalue weighted by atomic mass is 16.7. The van der Waals surface area contributed by atoms with E-state index in [9.17, 15) is 19.2 Å². The van der Waals surface area contributed by atoms with E-state index < -0.39 is 30.1 Å². The van der Waals surface area contributed by atoms with Gasteiger partial charge in [0, 0.05) is 47.4 Å². The van der Waals surface area contributed by atoms with E-state index in [1.54, 1.807) is 29.7 Å². The first-order valence-electron chi connectivity index (χ1n) is 15.2. The van der Waals surface area contributed by atoms with Gasteiger partial charge < -0.3 is 23.7 Å². The van der Waals surface area contributed by atoms with Crippen molar-refractivity contribution in [1.29, 1.82) is 0 Å². The van der Waals surface area contributed by atoms with Crippen LogP contribution in [0.1, 0.15) is 40.4 Å². The smallest absolute Gasteiger partial charge is 0.457 e. The molecular formula is C37H31N3O7. The Hall–Kier alpha value is -5.77. The lowest BCUT2D eigenvalue weighted by molar-refractivity contribution is -0.175. The van der Waals surface area contributed by atoms with E-state index in [1.807, 2.05) is 73.6 Å². The monoisotopic (exact) mass is 629 g/mol. The van der Waals surface area contributed by atoms with Gasteiger partial charge in [-0.2, -0.15) is 0 Å². The summed E-state index contributed by atoms with van der Waals surface area (Å²) in [5.41, 5.74) is 2.38. The van der Waals surface area contributed by atoms with E-state index in [2.05, 4.69) is 6.58 Å². The number of benzene rings is 3. The van der Waals surface area contributed by atoms with Crippen molar-refractivity contribution in [2.45, 2.75) is 32.1 Å². The Balaban J connectivity index is 1.13. The molecule has 0 N–H and O–H groups in total. The van der Waals surface area contributed by atoms with Crippen molar-refractivity contribution in [2.24, 2.45) is 0 Å². The molecule has 0 aliphatic carbocycles. The molecule has 10 nitrogen and oxygen atoms in total. The van der Waals surface area contributed by atoms with Crippen molar-refractivity contribution in [3.63, 3.8) is 0 Å². The maximum Gasteiger partial charge on any atom is 0.510 e. The van der Waals surface area contributed by atoms with E-state index >= 15 is 0 Å². The van der Waals surface area contributed by atoms with Gasteiger partial charge in [0.2, 0.25) is 5.60 Å². The fourth-order valence-corrected chi connectivity index (χ4v) is 6.32. The molecule has 1 atom stereocenters. The van der Waals surface area contributed by atoms with Gasteiger partial charge in [0.15, 0.2) is 5.78 Å². The average Bonchev–Trinajstić information content (AvgIpc) is 3.44. The summed E-state index contributed by atoms with van der Waals surface area (Å²) in [7, 11) is 3.91. The fourth-order valence-electron chi connectivity index (χ4n) is 6.32. The van der Waals surface area contributed by atoms with Gasteiger partial charge in [-0.25, -0.2) is 14.6 Å². The zero-order valence-electron chi connectivity index (χ0n) is 26.2. The molecular weight excluding hydrogens is 598 g/mol. The molecule has 0 fully saturated rings. The molecule has 10 heteroatoms. The molecule has 3 aromatic carbocycles. The van der Waals surface area contributed by atoms with Crippen LogP contribution in [0, 0.1) is 0 Å². The van der Waals surface area contributed by atoms with Crippen LogP contribution in [0.3, 0.4) is 0 Å². The molecule has 0 spiro atoms. The number of hydrogen-bond acceptors (Lipinski definition) is 9. The number of aromatic nitrogens is 2. The van der Waals surface area contributed by atoms with Crippen LogP contribution in [-0.2, 0) is 37.8 Å². The van der Waals surface area contributed by atoms with Gasteiger partial charge in [-0.15, -0.1) is 0 Å². The third-order valence-electron chi connectivity index (χ3n) is 8.93. The maximum atomic E-state index is 13.7. The minimum Gasteiger partial charge on any atom is -0.457 e. The van der Waals surface area contributed by atoms with E-state index in [-0.39, 0.29) is 35.3 Å². The second kappa shape index (κ2) is 11.2. The molecule has 0 radical (unpaired) electrons. The Kier molecular flexibility index (Phi) is 7.15. The lowest BCUT2D eigenvalue weighted by Crippen LogP contribution is -2.47. The SMILES string of the molecule is C=C(COC(=O)O[C@]1(CC)C(=O)OCc2c1cc1n(c2=O)Cc2cc3ccccc3nc2-1)C(=O)c1ccc2cc(N(C)C)ccc2c1. The highest BCUT2D eigenvalue weighted by molar-refractivity contribution is 6.10. The van der Waals surface area contributed by atoms with Gasteiger partial charge in [-0.05, 0) is 53.6 Å². The third-order valence-corrected chi connectivity index (χ3v) is 8.93. The van der Waals surface area contributed by atoms with Crippen molar-refractivity contribution < 1.29 is 28.6 Å². The number of pyridine rings is 2. The Labute approximate surface area is 269 Å². The summed E-state index contributed by atoms with van der Waals surface area (Å²) in [6.07, 6.45) is -1.23. The molecule has 7 rings (SSSR count). The topological polar surface area (TPSA) is 117 Å². The summed E-state index contributed by atoms with van der Waals surface area (Å²) in [6.45, 7) is 5.06. The molecule has 0 saturated heterocycles. The summed E-state index contributed by atoms with van der Waals surface area (Å²) in [5.74, 6) is -1.21. The van der Waals surface area contributed by atoms with Crippen LogP contribution in [0.4, 0.5) is 10.5 Å². The first-order chi connectivity index (χ1) is 22.6. The summed E-state index contributed by atoms with van der Waals surface area (Å²) in [5, 5.41) is 2.80. The average molecular weight is 630 g/mol. The van der Waals surface area contributed by atoms with E-state index in [0.717, 1.165) is 32.9 Å². The quantitative estimate of drug-likeness (QED) is 0.121. The Morgan fingerprint density at radius 3 is 2.55 bits per heavy atom. The zero-order chi connectivity index (χ0) is 33.0. The summed E-state index contributed by atoms with van der Waals surface area (Å²) in [4.78, 5) is 60.1. The fraction of sp³-hybridized carbons (Fsp3) is 0.216. The van der Waals surface area contributed by atoms with Gasteiger partial charge in [-0.1, -0.05) is 49.9 Å². The van der Waals surface area contributed by atoms with Crippen LogP contribution in [0.2, 0.25) is 0 Å². The largest absolute Gasteiger partial charge is 0.510 e. The third kappa shape index (κ3) is 4.93. The standard InChI is InChI=1S/C37H31N3O7/c1-5-37(47-36(44)46-19-21(2)33(41)25-11-10-23-16-27(39(3)4)13-12-22(23)14-25)29-17-31-32-26(15-24-8-6-7-9-30(24)38-32)18-40(31)34(42)28(29)20-45-35(37)43/h6-17H,2,5,18-20H2,1,3-4H3/t37-/m0/s1. The van der Waals surface area contributed by atoms with Crippen molar-refractivity contribution in [3.8, 4) is 11.4 Å². The lowest BCUT2D eigenvalue weighted by atomic mass is 9.85. The Morgan fingerprint density at radius 2 is 1.77 bits per heavy atom. The predicted molar refractivity (Wildman–Crippen MR) is 176 cm³/mol. The molecule has 5 aromatic rings. The number of para-hydroxylation sites is 1. The number of Topliss-reactive ketones (excluding diaryl/α,β-unsaturated/α-hetero) is 1. The number of cyclic esters (lactones) is 1. The molecule has 2 aliphatic heterocycles. The molecule has 47 heavy (non-hydrogen) atoms. The molecule has 0 amide bonds. The van der Waals surface area contributed by atoms with Crippen molar-refractivity contribution >= 4 is 45.3 Å². The first-order valence-corrected chi connectivity index (χ1v) is 15.2. The second-order valence-corrected chi connectivity index (χ2v) is 12.0. The number of carbonyl (C=O) groups excluding carboxylic acids is 3. The summed E-state index contributed by atoms with van der Waals surface area (Å²) >= 11 is 0. The number of fused-ring (bicyclic) bond motifs is 6. The van der Waals surface area contributed by atoms with Crippen LogP contribution in [-0.4, -0.2) is 48.2 Å². The van der Waals surface area contributed by atoms with E-state index in [0.29, 0.717) is 23.5 Å².